The first kappa shape index (κ1) is 19.9. The number of anilines is 1. The normalized spacial score (nSPS) is 10.4. The maximum absolute atomic E-state index is 12.0. The number of esters is 1. The fraction of sp³-hybridized carbons (Fsp3) is 0.200. The number of aromatic nitrogens is 2. The summed E-state index contributed by atoms with van der Waals surface area (Å²) in [6, 6.07) is 15.7. The summed E-state index contributed by atoms with van der Waals surface area (Å²) in [5.41, 5.74) is 1.07. The van der Waals surface area contributed by atoms with E-state index in [1.807, 2.05) is 13.0 Å². The van der Waals surface area contributed by atoms with Gasteiger partial charge in [-0.15, -0.1) is 5.10 Å². The number of carbonyl (C=O) groups is 2. The molecule has 0 saturated carbocycles. The van der Waals surface area contributed by atoms with E-state index >= 15 is 0 Å². The second-order valence-electron chi connectivity index (χ2n) is 5.83. The van der Waals surface area contributed by atoms with Crippen LogP contribution in [0.1, 0.15) is 6.92 Å². The van der Waals surface area contributed by atoms with Crippen LogP contribution in [-0.4, -0.2) is 34.9 Å². The third-order valence-corrected chi connectivity index (χ3v) is 3.73. The van der Waals surface area contributed by atoms with Crippen LogP contribution in [0.3, 0.4) is 0 Å². The third-order valence-electron chi connectivity index (χ3n) is 3.73. The Bertz CT molecular complexity index is 1040. The standard InChI is InChI=1S/C20H19N3O6/c1-2-27-16-11-7-6-10-15(16)21-17(24)13-28-18(25)12-23-20(26)29-19(22-23)14-8-4-3-5-9-14/h3-11H,2,12-13H2,1H3,(H,21,24). The lowest BCUT2D eigenvalue weighted by atomic mass is 10.2. The van der Waals surface area contributed by atoms with Gasteiger partial charge in [0.1, 0.15) is 12.3 Å². The highest BCUT2D eigenvalue weighted by Gasteiger charge is 2.15. The van der Waals surface area contributed by atoms with Gasteiger partial charge >= 0.3 is 11.7 Å². The summed E-state index contributed by atoms with van der Waals surface area (Å²) in [7, 11) is 0. The average Bonchev–Trinajstić information content (AvgIpc) is 3.09. The Balaban J connectivity index is 1.55. The average molecular weight is 397 g/mol. The molecule has 0 bridgehead atoms. The number of amides is 1. The van der Waals surface area contributed by atoms with Crippen LogP contribution < -0.4 is 15.8 Å². The summed E-state index contributed by atoms with van der Waals surface area (Å²) in [4.78, 5) is 35.9. The number of nitrogens with one attached hydrogen (secondary N) is 1. The topological polar surface area (TPSA) is 113 Å². The predicted molar refractivity (Wildman–Crippen MR) is 103 cm³/mol. The van der Waals surface area contributed by atoms with Crippen molar-refractivity contribution in [2.45, 2.75) is 13.5 Å². The van der Waals surface area contributed by atoms with Crippen LogP contribution in [0, 0.1) is 0 Å². The molecule has 0 saturated heterocycles. The third kappa shape index (κ3) is 5.32. The van der Waals surface area contributed by atoms with Crippen molar-refractivity contribution in [3.05, 3.63) is 65.1 Å². The first-order chi connectivity index (χ1) is 14.1. The van der Waals surface area contributed by atoms with Crippen LogP contribution in [0.2, 0.25) is 0 Å². The van der Waals surface area contributed by atoms with Crippen molar-refractivity contribution in [3.8, 4) is 17.2 Å². The van der Waals surface area contributed by atoms with E-state index in [4.69, 9.17) is 13.9 Å². The van der Waals surface area contributed by atoms with Crippen molar-refractivity contribution in [2.24, 2.45) is 0 Å². The van der Waals surface area contributed by atoms with E-state index in [0.717, 1.165) is 4.68 Å². The highest BCUT2D eigenvalue weighted by Crippen LogP contribution is 2.23. The maximum Gasteiger partial charge on any atom is 0.437 e. The molecular formula is C20H19N3O6. The van der Waals surface area contributed by atoms with Crippen molar-refractivity contribution in [1.82, 2.24) is 9.78 Å². The molecule has 29 heavy (non-hydrogen) atoms. The fourth-order valence-electron chi connectivity index (χ4n) is 2.46. The number of hydrogen-bond acceptors (Lipinski definition) is 7. The van der Waals surface area contributed by atoms with E-state index in [1.54, 1.807) is 48.5 Å². The number of hydrogen-bond donors (Lipinski definition) is 1. The molecule has 0 aliphatic rings. The fourth-order valence-corrected chi connectivity index (χ4v) is 2.46. The Kier molecular flexibility index (Phi) is 6.41. The molecule has 1 amide bonds. The molecule has 0 atom stereocenters. The van der Waals surface area contributed by atoms with Gasteiger partial charge in [0.05, 0.1) is 12.3 Å². The molecule has 2 aromatic carbocycles. The zero-order valence-electron chi connectivity index (χ0n) is 15.7. The summed E-state index contributed by atoms with van der Waals surface area (Å²) >= 11 is 0. The van der Waals surface area contributed by atoms with E-state index in [2.05, 4.69) is 10.4 Å². The van der Waals surface area contributed by atoms with Gasteiger partial charge in [0.2, 0.25) is 5.89 Å². The molecule has 1 aromatic heterocycles. The van der Waals surface area contributed by atoms with Gasteiger partial charge in [-0.3, -0.25) is 9.59 Å². The minimum atomic E-state index is -0.798. The van der Waals surface area contributed by atoms with Crippen molar-refractivity contribution in [1.29, 1.82) is 0 Å². The molecule has 9 nitrogen and oxygen atoms in total. The van der Waals surface area contributed by atoms with Crippen LogP contribution in [-0.2, 0) is 20.9 Å². The van der Waals surface area contributed by atoms with Crippen molar-refractivity contribution < 1.29 is 23.5 Å². The second kappa shape index (κ2) is 9.36. The van der Waals surface area contributed by atoms with E-state index in [9.17, 15) is 14.4 Å². The van der Waals surface area contributed by atoms with Crippen molar-refractivity contribution >= 4 is 17.6 Å². The quantitative estimate of drug-likeness (QED) is 0.579. The van der Waals surface area contributed by atoms with Gasteiger partial charge in [0, 0.05) is 5.56 Å². The van der Waals surface area contributed by atoms with E-state index in [0.29, 0.717) is 23.6 Å². The Morgan fingerprint density at radius 3 is 2.59 bits per heavy atom. The predicted octanol–water partition coefficient (Wildman–Crippen LogP) is 2.08. The van der Waals surface area contributed by atoms with Crippen LogP contribution in [0.4, 0.5) is 5.69 Å². The van der Waals surface area contributed by atoms with Gasteiger partial charge in [-0.1, -0.05) is 30.3 Å². The van der Waals surface area contributed by atoms with Crippen molar-refractivity contribution in [3.63, 3.8) is 0 Å². The maximum atomic E-state index is 12.0. The molecule has 0 fully saturated rings. The van der Waals surface area contributed by atoms with Gasteiger partial charge in [-0.25, -0.2) is 4.79 Å². The molecule has 0 aliphatic heterocycles. The lowest BCUT2D eigenvalue weighted by molar-refractivity contribution is -0.148. The Labute approximate surface area is 165 Å². The number of carbonyl (C=O) groups excluding carboxylic acids is 2. The minimum absolute atomic E-state index is 0.0914. The van der Waals surface area contributed by atoms with Crippen LogP contribution in [0.15, 0.2) is 63.8 Å². The Hall–Kier alpha value is -3.88. The lowest BCUT2D eigenvalue weighted by Crippen LogP contribution is -2.26. The smallest absolute Gasteiger partial charge is 0.437 e. The molecule has 3 aromatic rings. The van der Waals surface area contributed by atoms with E-state index in [1.165, 1.54) is 0 Å². The number of para-hydroxylation sites is 2. The summed E-state index contributed by atoms with van der Waals surface area (Å²) < 4.78 is 16.2. The molecule has 150 valence electrons. The van der Waals surface area contributed by atoms with Crippen LogP contribution in [0.25, 0.3) is 11.5 Å². The van der Waals surface area contributed by atoms with E-state index < -0.39 is 30.8 Å². The number of benzene rings is 2. The second-order valence-corrected chi connectivity index (χ2v) is 5.83. The van der Waals surface area contributed by atoms with Gasteiger partial charge in [-0.05, 0) is 31.2 Å². The van der Waals surface area contributed by atoms with Gasteiger partial charge < -0.3 is 19.2 Å². The van der Waals surface area contributed by atoms with Crippen LogP contribution >= 0.6 is 0 Å². The number of rotatable bonds is 8. The molecule has 9 heteroatoms. The highest BCUT2D eigenvalue weighted by molar-refractivity contribution is 5.94. The molecule has 0 unspecified atom stereocenters. The summed E-state index contributed by atoms with van der Waals surface area (Å²) in [5, 5.41) is 6.57. The summed E-state index contributed by atoms with van der Waals surface area (Å²) in [5.74, 6) is -1.53. The molecule has 3 rings (SSSR count). The largest absolute Gasteiger partial charge is 0.492 e. The Morgan fingerprint density at radius 2 is 1.83 bits per heavy atom. The Morgan fingerprint density at radius 1 is 1.10 bits per heavy atom. The molecule has 0 aliphatic carbocycles. The van der Waals surface area contributed by atoms with E-state index in [-0.39, 0.29) is 5.89 Å². The van der Waals surface area contributed by atoms with Gasteiger partial charge in [-0.2, -0.15) is 4.68 Å². The molecule has 0 spiro atoms. The SMILES string of the molecule is CCOc1ccccc1NC(=O)COC(=O)Cn1nc(-c2ccccc2)oc1=O. The first-order valence-corrected chi connectivity index (χ1v) is 8.87. The first-order valence-electron chi connectivity index (χ1n) is 8.87. The zero-order chi connectivity index (χ0) is 20.6. The number of nitrogens with zero attached hydrogens (tertiary/aromatic N) is 2. The minimum Gasteiger partial charge on any atom is -0.492 e. The molecule has 0 radical (unpaired) electrons. The van der Waals surface area contributed by atoms with Gasteiger partial charge in [0.15, 0.2) is 6.61 Å². The monoisotopic (exact) mass is 397 g/mol. The number of ether oxygens (including phenoxy) is 2. The van der Waals surface area contributed by atoms with Gasteiger partial charge in [0.25, 0.3) is 5.91 Å². The highest BCUT2D eigenvalue weighted by atomic mass is 16.5. The molecular weight excluding hydrogens is 378 g/mol. The van der Waals surface area contributed by atoms with Crippen LogP contribution in [0.5, 0.6) is 5.75 Å². The van der Waals surface area contributed by atoms with Crippen molar-refractivity contribution in [2.75, 3.05) is 18.5 Å². The molecule has 1 heterocycles. The lowest BCUT2D eigenvalue weighted by Gasteiger charge is -2.11. The summed E-state index contributed by atoms with van der Waals surface area (Å²) in [6.07, 6.45) is 0. The zero-order valence-corrected chi connectivity index (χ0v) is 15.7. The summed E-state index contributed by atoms with van der Waals surface area (Å²) in [6.45, 7) is 1.28. The molecule has 1 N–H and O–H groups in total.